The van der Waals surface area contributed by atoms with Crippen molar-refractivity contribution in [3.05, 3.63) is 36.4 Å². The lowest BCUT2D eigenvalue weighted by Gasteiger charge is -2.19. The number of aromatic hydroxyl groups is 1. The number of hydrogen-bond acceptors (Lipinski definition) is 2. The molecule has 0 heterocycles. The van der Waals surface area contributed by atoms with Crippen LogP contribution in [0.3, 0.4) is 0 Å². The highest BCUT2D eigenvalue weighted by molar-refractivity contribution is 5.85. The third-order valence-electron chi connectivity index (χ3n) is 2.45. The average molecular weight is 242 g/mol. The number of hydrogen-bond donors (Lipinski definition) is 1. The number of phenolic OH excluding ortho intramolecular Hbond substituents is 1. The lowest BCUT2D eigenvalue weighted by molar-refractivity contribution is 0.376. The van der Waals surface area contributed by atoms with Crippen LogP contribution in [-0.4, -0.2) is 30.6 Å². The predicted molar refractivity (Wildman–Crippen MR) is 72.1 cm³/mol. The molecule has 16 heavy (non-hydrogen) atoms. The third-order valence-corrected chi connectivity index (χ3v) is 2.45. The highest BCUT2D eigenvalue weighted by Gasteiger charge is 2.10. The van der Waals surface area contributed by atoms with E-state index in [4.69, 9.17) is 0 Å². The Kier molecular flexibility index (Phi) is 6.16. The van der Waals surface area contributed by atoms with Gasteiger partial charge in [0, 0.05) is 6.54 Å². The van der Waals surface area contributed by atoms with E-state index >= 15 is 0 Å². The molecule has 0 bridgehead atoms. The molecule has 0 saturated carbocycles. The van der Waals surface area contributed by atoms with Crippen molar-refractivity contribution in [3.63, 3.8) is 0 Å². The minimum atomic E-state index is 0. The molecule has 1 N–H and O–H groups in total. The molecule has 0 aliphatic rings. The van der Waals surface area contributed by atoms with Gasteiger partial charge in [0.25, 0.3) is 0 Å². The first-order valence-electron chi connectivity index (χ1n) is 5.13. The van der Waals surface area contributed by atoms with Crippen LogP contribution in [0, 0.1) is 5.92 Å². The molecule has 1 unspecified atom stereocenters. The Bertz CT molecular complexity index is 350. The van der Waals surface area contributed by atoms with E-state index in [2.05, 4.69) is 18.4 Å². The second-order valence-electron chi connectivity index (χ2n) is 4.24. The van der Waals surface area contributed by atoms with Gasteiger partial charge in [-0.15, -0.1) is 12.4 Å². The third kappa shape index (κ3) is 4.25. The molecular formula is C13H20ClNO. The zero-order chi connectivity index (χ0) is 11.4. The van der Waals surface area contributed by atoms with Gasteiger partial charge in [0.05, 0.1) is 0 Å². The van der Waals surface area contributed by atoms with Crippen LogP contribution in [0.15, 0.2) is 30.8 Å². The molecule has 1 atom stereocenters. The van der Waals surface area contributed by atoms with Crippen LogP contribution in [0.1, 0.15) is 12.5 Å². The van der Waals surface area contributed by atoms with Crippen LogP contribution in [0.2, 0.25) is 0 Å². The van der Waals surface area contributed by atoms with Gasteiger partial charge >= 0.3 is 0 Å². The Balaban J connectivity index is 0.00000225. The van der Waals surface area contributed by atoms with Gasteiger partial charge in [-0.25, -0.2) is 0 Å². The Labute approximate surface area is 104 Å². The van der Waals surface area contributed by atoms with Gasteiger partial charge in [-0.05, 0) is 43.3 Å². The molecule has 0 amide bonds. The minimum absolute atomic E-state index is 0. The fraction of sp³-hybridized carbons (Fsp3) is 0.385. The van der Waals surface area contributed by atoms with Crippen LogP contribution in [-0.2, 0) is 0 Å². The van der Waals surface area contributed by atoms with E-state index in [1.54, 1.807) is 12.1 Å². The number of nitrogens with zero attached hydrogens (tertiary/aromatic N) is 1. The molecule has 0 spiro atoms. The van der Waals surface area contributed by atoms with Gasteiger partial charge in [-0.1, -0.05) is 25.6 Å². The predicted octanol–water partition coefficient (Wildman–Crippen LogP) is 3.02. The summed E-state index contributed by atoms with van der Waals surface area (Å²) >= 11 is 0. The summed E-state index contributed by atoms with van der Waals surface area (Å²) in [4.78, 5) is 2.14. The quantitative estimate of drug-likeness (QED) is 0.876. The van der Waals surface area contributed by atoms with Crippen molar-refractivity contribution >= 4 is 18.0 Å². The first-order chi connectivity index (χ1) is 7.00. The lowest BCUT2D eigenvalue weighted by Crippen LogP contribution is -2.20. The lowest BCUT2D eigenvalue weighted by atomic mass is 9.95. The molecule has 2 nitrogen and oxygen atoms in total. The minimum Gasteiger partial charge on any atom is -0.508 e. The first kappa shape index (κ1) is 15.0. The number of rotatable bonds is 4. The van der Waals surface area contributed by atoms with Crippen molar-refractivity contribution in [3.8, 4) is 5.75 Å². The number of halogens is 1. The van der Waals surface area contributed by atoms with Crippen molar-refractivity contribution in [2.75, 3.05) is 20.6 Å². The van der Waals surface area contributed by atoms with Gasteiger partial charge in [0.2, 0.25) is 0 Å². The second kappa shape index (κ2) is 6.56. The summed E-state index contributed by atoms with van der Waals surface area (Å²) in [6.45, 7) is 7.19. The van der Waals surface area contributed by atoms with Crippen LogP contribution in [0.25, 0.3) is 5.57 Å². The van der Waals surface area contributed by atoms with Crippen molar-refractivity contribution < 1.29 is 5.11 Å². The van der Waals surface area contributed by atoms with Crippen molar-refractivity contribution in [1.29, 1.82) is 0 Å². The van der Waals surface area contributed by atoms with Crippen LogP contribution < -0.4 is 0 Å². The Morgan fingerprint density at radius 2 is 2.06 bits per heavy atom. The van der Waals surface area contributed by atoms with Crippen molar-refractivity contribution in [1.82, 2.24) is 4.90 Å². The Hall–Kier alpha value is -0.990. The fourth-order valence-corrected chi connectivity index (χ4v) is 1.65. The zero-order valence-corrected chi connectivity index (χ0v) is 10.9. The summed E-state index contributed by atoms with van der Waals surface area (Å²) in [6, 6.07) is 7.26. The summed E-state index contributed by atoms with van der Waals surface area (Å²) in [5.41, 5.74) is 2.09. The van der Waals surface area contributed by atoms with E-state index in [-0.39, 0.29) is 12.4 Å². The monoisotopic (exact) mass is 241 g/mol. The molecule has 0 radical (unpaired) electrons. The zero-order valence-electron chi connectivity index (χ0n) is 10.1. The van der Waals surface area contributed by atoms with Gasteiger partial charge in [-0.2, -0.15) is 0 Å². The molecule has 0 aromatic heterocycles. The van der Waals surface area contributed by atoms with Crippen LogP contribution >= 0.6 is 12.4 Å². The first-order valence-corrected chi connectivity index (χ1v) is 5.13. The van der Waals surface area contributed by atoms with Gasteiger partial charge in [0.15, 0.2) is 0 Å². The van der Waals surface area contributed by atoms with Crippen molar-refractivity contribution in [2.24, 2.45) is 5.92 Å². The number of phenols is 1. The van der Waals surface area contributed by atoms with Crippen molar-refractivity contribution in [2.45, 2.75) is 6.92 Å². The van der Waals surface area contributed by atoms with Crippen LogP contribution in [0.5, 0.6) is 5.75 Å². The van der Waals surface area contributed by atoms with Gasteiger partial charge < -0.3 is 10.0 Å². The highest BCUT2D eigenvalue weighted by Crippen LogP contribution is 2.24. The summed E-state index contributed by atoms with van der Waals surface area (Å²) in [6.07, 6.45) is 0. The van der Waals surface area contributed by atoms with Gasteiger partial charge in [0.1, 0.15) is 5.75 Å². The molecule has 1 aromatic carbocycles. The molecule has 90 valence electrons. The molecule has 1 rings (SSSR count). The van der Waals surface area contributed by atoms with E-state index in [0.717, 1.165) is 17.7 Å². The molecule has 0 fully saturated rings. The number of benzene rings is 1. The molecule has 0 saturated heterocycles. The molecule has 0 aliphatic heterocycles. The summed E-state index contributed by atoms with van der Waals surface area (Å²) < 4.78 is 0. The Morgan fingerprint density at radius 3 is 2.56 bits per heavy atom. The van der Waals surface area contributed by atoms with E-state index in [1.807, 2.05) is 26.2 Å². The maximum atomic E-state index is 9.37. The SMILES string of the molecule is C=C(c1cccc(O)c1)C(C)CN(C)C.Cl. The summed E-state index contributed by atoms with van der Waals surface area (Å²) in [7, 11) is 4.10. The largest absolute Gasteiger partial charge is 0.508 e. The topological polar surface area (TPSA) is 23.5 Å². The molecule has 0 aliphatic carbocycles. The van der Waals surface area contributed by atoms with E-state index < -0.39 is 0 Å². The standard InChI is InChI=1S/C13H19NO.ClH/c1-10(9-14(3)4)11(2)12-6-5-7-13(15)8-12;/h5-8,10,15H,2,9H2,1,3-4H3;1H. The van der Waals surface area contributed by atoms with E-state index in [9.17, 15) is 5.11 Å². The maximum Gasteiger partial charge on any atom is 0.116 e. The Morgan fingerprint density at radius 1 is 1.44 bits per heavy atom. The summed E-state index contributed by atoms with van der Waals surface area (Å²) in [5, 5.41) is 9.37. The molecule has 1 aromatic rings. The molecule has 3 heteroatoms. The summed E-state index contributed by atoms with van der Waals surface area (Å²) in [5.74, 6) is 0.688. The maximum absolute atomic E-state index is 9.37. The highest BCUT2D eigenvalue weighted by atomic mass is 35.5. The average Bonchev–Trinajstić information content (AvgIpc) is 2.15. The molecular weight excluding hydrogens is 222 g/mol. The van der Waals surface area contributed by atoms with Gasteiger partial charge in [-0.3, -0.25) is 0 Å². The fourth-order valence-electron chi connectivity index (χ4n) is 1.65. The smallest absolute Gasteiger partial charge is 0.116 e. The van der Waals surface area contributed by atoms with E-state index in [0.29, 0.717) is 11.7 Å². The van der Waals surface area contributed by atoms with E-state index in [1.165, 1.54) is 0 Å². The second-order valence-corrected chi connectivity index (χ2v) is 4.24. The normalized spacial score (nSPS) is 12.0. The van der Waals surface area contributed by atoms with Crippen LogP contribution in [0.4, 0.5) is 0 Å².